The van der Waals surface area contributed by atoms with Crippen LogP contribution in [0.2, 0.25) is 0 Å². The maximum Gasteiger partial charge on any atom is 0.273 e. The first-order valence-electron chi connectivity index (χ1n) is 7.71. The Hall–Kier alpha value is -2.90. The van der Waals surface area contributed by atoms with Gasteiger partial charge in [0, 0.05) is 32.4 Å². The predicted octanol–water partition coefficient (Wildman–Crippen LogP) is 2.05. The number of aryl methyl sites for hydroxylation is 1. The summed E-state index contributed by atoms with van der Waals surface area (Å²) in [5.41, 5.74) is 1.03. The van der Waals surface area contributed by atoms with Crippen molar-refractivity contribution >= 4 is 11.6 Å². The zero-order chi connectivity index (χ0) is 17.3. The van der Waals surface area contributed by atoms with Crippen molar-refractivity contribution in [3.05, 3.63) is 51.8 Å². The lowest BCUT2D eigenvalue weighted by atomic mass is 9.91. The van der Waals surface area contributed by atoms with Gasteiger partial charge in [-0.25, -0.2) is 0 Å². The minimum Gasteiger partial charge on any atom is -0.507 e. The highest BCUT2D eigenvalue weighted by Gasteiger charge is 2.27. The van der Waals surface area contributed by atoms with Crippen LogP contribution in [0.1, 0.15) is 34.7 Å². The van der Waals surface area contributed by atoms with E-state index < -0.39 is 4.92 Å². The number of hydrogen-bond donors (Lipinski definition) is 1. The second kappa shape index (κ2) is 6.31. The molecule has 0 aliphatic carbocycles. The number of rotatable bonds is 3. The van der Waals surface area contributed by atoms with Crippen LogP contribution in [0, 0.1) is 10.1 Å². The van der Waals surface area contributed by atoms with Gasteiger partial charge >= 0.3 is 0 Å². The highest BCUT2D eigenvalue weighted by molar-refractivity contribution is 5.97. The van der Waals surface area contributed by atoms with Crippen molar-refractivity contribution < 1.29 is 14.8 Å². The zero-order valence-electron chi connectivity index (χ0n) is 13.3. The molecular formula is C16H18N4O4. The molecule has 1 aliphatic rings. The summed E-state index contributed by atoms with van der Waals surface area (Å²) in [6.07, 6.45) is 5.49. The van der Waals surface area contributed by atoms with Gasteiger partial charge in [0.2, 0.25) is 0 Å². The molecule has 1 aromatic carbocycles. The number of carbonyl (C=O) groups excluding carboxylic acids is 1. The van der Waals surface area contributed by atoms with Crippen molar-refractivity contribution in [3.63, 3.8) is 0 Å². The minimum absolute atomic E-state index is 0.0976. The molecule has 1 saturated heterocycles. The van der Waals surface area contributed by atoms with Crippen molar-refractivity contribution in [2.24, 2.45) is 7.05 Å². The topological polar surface area (TPSA) is 102 Å². The molecule has 0 atom stereocenters. The first-order chi connectivity index (χ1) is 11.5. The number of phenols is 1. The molecule has 8 heteroatoms. The molecule has 3 rings (SSSR count). The molecule has 24 heavy (non-hydrogen) atoms. The van der Waals surface area contributed by atoms with Gasteiger partial charge in [-0.05, 0) is 30.4 Å². The van der Waals surface area contributed by atoms with E-state index in [1.54, 1.807) is 9.58 Å². The molecule has 1 fully saturated rings. The second-order valence-corrected chi connectivity index (χ2v) is 5.97. The van der Waals surface area contributed by atoms with Crippen LogP contribution in [0.3, 0.4) is 0 Å². The van der Waals surface area contributed by atoms with Crippen molar-refractivity contribution in [2.45, 2.75) is 18.8 Å². The van der Waals surface area contributed by atoms with Crippen molar-refractivity contribution in [1.29, 1.82) is 0 Å². The van der Waals surface area contributed by atoms with Crippen molar-refractivity contribution in [2.75, 3.05) is 13.1 Å². The number of aromatic nitrogens is 2. The first kappa shape index (κ1) is 16.0. The van der Waals surface area contributed by atoms with Crippen molar-refractivity contribution in [3.8, 4) is 5.75 Å². The number of hydrogen-bond acceptors (Lipinski definition) is 5. The summed E-state index contributed by atoms with van der Waals surface area (Å²) in [7, 11) is 1.87. The number of non-ortho nitro benzene ring substituents is 1. The number of phenolic OH excluding ortho intramolecular Hbond substituents is 1. The molecule has 1 N–H and O–H groups in total. The molecule has 0 bridgehead atoms. The summed E-state index contributed by atoms with van der Waals surface area (Å²) in [6.45, 7) is 1.16. The Bertz CT molecular complexity index is 778. The van der Waals surface area contributed by atoms with E-state index in [9.17, 15) is 20.0 Å². The fourth-order valence-electron chi connectivity index (χ4n) is 3.05. The Labute approximate surface area is 138 Å². The van der Waals surface area contributed by atoms with Gasteiger partial charge in [0.15, 0.2) is 0 Å². The highest BCUT2D eigenvalue weighted by Crippen LogP contribution is 2.30. The molecule has 1 aromatic heterocycles. The van der Waals surface area contributed by atoms with E-state index in [4.69, 9.17) is 0 Å². The molecular weight excluding hydrogens is 312 g/mol. The van der Waals surface area contributed by atoms with Crippen LogP contribution in [0.15, 0.2) is 30.6 Å². The predicted molar refractivity (Wildman–Crippen MR) is 85.8 cm³/mol. The molecule has 126 valence electrons. The monoisotopic (exact) mass is 330 g/mol. The summed E-state index contributed by atoms with van der Waals surface area (Å²) in [5.74, 6) is -0.288. The van der Waals surface area contributed by atoms with E-state index in [0.717, 1.165) is 18.9 Å². The molecule has 0 unspecified atom stereocenters. The second-order valence-electron chi connectivity index (χ2n) is 5.97. The molecule has 1 amide bonds. The van der Waals surface area contributed by atoms with Gasteiger partial charge in [-0.1, -0.05) is 0 Å². The third-order valence-electron chi connectivity index (χ3n) is 4.40. The molecule has 2 aromatic rings. The molecule has 0 spiro atoms. The van der Waals surface area contributed by atoms with Gasteiger partial charge in [0.05, 0.1) is 22.7 Å². The number of nitrogens with zero attached hydrogens (tertiary/aromatic N) is 4. The van der Waals surface area contributed by atoms with Gasteiger partial charge in [-0.2, -0.15) is 5.10 Å². The largest absolute Gasteiger partial charge is 0.507 e. The van der Waals surface area contributed by atoms with Crippen LogP contribution < -0.4 is 0 Å². The van der Waals surface area contributed by atoms with E-state index >= 15 is 0 Å². The maximum absolute atomic E-state index is 12.5. The Morgan fingerprint density at radius 1 is 1.38 bits per heavy atom. The summed E-state index contributed by atoms with van der Waals surface area (Å²) in [4.78, 5) is 24.3. The Kier molecular flexibility index (Phi) is 4.20. The number of amides is 1. The number of nitro groups is 1. The minimum atomic E-state index is -0.604. The van der Waals surface area contributed by atoms with Crippen molar-refractivity contribution in [1.82, 2.24) is 14.7 Å². The van der Waals surface area contributed by atoms with E-state index in [-0.39, 0.29) is 22.9 Å². The Morgan fingerprint density at radius 3 is 2.62 bits per heavy atom. The Balaban J connectivity index is 1.68. The standard InChI is InChI=1S/C16H18N4O4/c1-18-10-12(9-17-18)11-4-6-19(7-5-11)16(22)14-3-2-13(20(23)24)8-15(14)21/h2-3,8-11,21H,4-7H2,1H3. The zero-order valence-corrected chi connectivity index (χ0v) is 13.3. The van der Waals surface area contributed by atoms with E-state index in [0.29, 0.717) is 19.0 Å². The van der Waals surface area contributed by atoms with Gasteiger partial charge in [0.25, 0.3) is 11.6 Å². The highest BCUT2D eigenvalue weighted by atomic mass is 16.6. The first-order valence-corrected chi connectivity index (χ1v) is 7.71. The summed E-state index contributed by atoms with van der Waals surface area (Å²) >= 11 is 0. The van der Waals surface area contributed by atoms with Gasteiger partial charge in [0.1, 0.15) is 5.75 Å². The molecule has 0 radical (unpaired) electrons. The summed E-state index contributed by atoms with van der Waals surface area (Å²) < 4.78 is 1.77. The lowest BCUT2D eigenvalue weighted by Crippen LogP contribution is -2.37. The van der Waals surface area contributed by atoms with Crippen LogP contribution in [-0.4, -0.2) is 43.7 Å². The van der Waals surface area contributed by atoms with Gasteiger partial charge in [-0.15, -0.1) is 0 Å². The molecule has 1 aliphatic heterocycles. The van der Waals surface area contributed by atoms with E-state index in [1.807, 2.05) is 19.4 Å². The summed E-state index contributed by atoms with van der Waals surface area (Å²) in [5, 5.41) is 24.8. The third-order valence-corrected chi connectivity index (χ3v) is 4.40. The number of benzene rings is 1. The van der Waals surface area contributed by atoms with Crippen LogP contribution >= 0.6 is 0 Å². The SMILES string of the molecule is Cn1cc(C2CCN(C(=O)c3ccc([N+](=O)[O-])cc3O)CC2)cn1. The van der Waals surface area contributed by atoms with Crippen LogP contribution in [0.25, 0.3) is 0 Å². The number of carbonyl (C=O) groups is 1. The van der Waals surface area contributed by atoms with Crippen LogP contribution in [0.5, 0.6) is 5.75 Å². The average Bonchev–Trinajstić information content (AvgIpc) is 3.00. The fraction of sp³-hybridized carbons (Fsp3) is 0.375. The molecule has 0 saturated carbocycles. The number of likely N-dealkylation sites (tertiary alicyclic amines) is 1. The van der Waals surface area contributed by atoms with E-state index in [1.165, 1.54) is 17.7 Å². The Morgan fingerprint density at radius 2 is 2.08 bits per heavy atom. The number of piperidine rings is 1. The average molecular weight is 330 g/mol. The quantitative estimate of drug-likeness (QED) is 0.685. The van der Waals surface area contributed by atoms with Gasteiger partial charge < -0.3 is 10.0 Å². The molecule has 2 heterocycles. The van der Waals surface area contributed by atoms with Crippen LogP contribution in [0.4, 0.5) is 5.69 Å². The fourth-order valence-corrected chi connectivity index (χ4v) is 3.05. The van der Waals surface area contributed by atoms with Gasteiger partial charge in [-0.3, -0.25) is 19.6 Å². The summed E-state index contributed by atoms with van der Waals surface area (Å²) in [6, 6.07) is 3.55. The number of nitro benzene ring substituents is 1. The molecule has 8 nitrogen and oxygen atoms in total. The van der Waals surface area contributed by atoms with Crippen LogP contribution in [-0.2, 0) is 7.05 Å². The lowest BCUT2D eigenvalue weighted by Gasteiger charge is -2.31. The van der Waals surface area contributed by atoms with E-state index in [2.05, 4.69) is 5.10 Å². The third kappa shape index (κ3) is 3.08. The maximum atomic E-state index is 12.5. The number of aromatic hydroxyl groups is 1. The smallest absolute Gasteiger partial charge is 0.273 e. The lowest BCUT2D eigenvalue weighted by molar-refractivity contribution is -0.384. The normalized spacial score (nSPS) is 15.5.